The van der Waals surface area contributed by atoms with Crippen molar-refractivity contribution in [3.05, 3.63) is 29.8 Å². The number of hydrogen-bond donors (Lipinski definition) is 3. The Morgan fingerprint density at radius 3 is 1.94 bits per heavy atom. The standard InChI is InChI=1S/C26H43NO5/c1-19(2)8-5-9-20(3)10-6-11-21(4)12-7-17-27-23-15-13-22(14-16-23)26(31)32-18-24(28)25(29)30/h13-16,19-21,24,27-28H,5-12,17-18H2,1-4H3,(H,29,30). The zero-order chi connectivity index (χ0) is 23.9. The van der Waals surface area contributed by atoms with Crippen LogP contribution in [0, 0.1) is 17.8 Å². The highest BCUT2D eigenvalue weighted by Crippen LogP contribution is 2.21. The van der Waals surface area contributed by atoms with E-state index in [1.807, 2.05) is 0 Å². The number of aliphatic hydroxyl groups excluding tert-OH is 1. The number of hydrogen-bond acceptors (Lipinski definition) is 5. The van der Waals surface area contributed by atoms with Crippen molar-refractivity contribution in [3.63, 3.8) is 0 Å². The lowest BCUT2D eigenvalue weighted by Gasteiger charge is -2.15. The van der Waals surface area contributed by atoms with Gasteiger partial charge in [-0.05, 0) is 54.9 Å². The van der Waals surface area contributed by atoms with Crippen LogP contribution in [-0.4, -0.2) is 41.4 Å². The third-order valence-electron chi connectivity index (χ3n) is 5.85. The molecule has 182 valence electrons. The van der Waals surface area contributed by atoms with Gasteiger partial charge < -0.3 is 20.3 Å². The quantitative estimate of drug-likeness (QED) is 0.207. The normalized spacial score (nSPS) is 14.1. The summed E-state index contributed by atoms with van der Waals surface area (Å²) in [7, 11) is 0. The minimum Gasteiger partial charge on any atom is -0.479 e. The van der Waals surface area contributed by atoms with Crippen molar-refractivity contribution >= 4 is 17.6 Å². The molecule has 0 heterocycles. The summed E-state index contributed by atoms with van der Waals surface area (Å²) in [5, 5.41) is 21.1. The smallest absolute Gasteiger partial charge is 0.338 e. The highest BCUT2D eigenvalue weighted by molar-refractivity contribution is 5.90. The molecule has 0 aromatic heterocycles. The molecule has 0 bridgehead atoms. The van der Waals surface area contributed by atoms with E-state index in [1.165, 1.54) is 44.9 Å². The van der Waals surface area contributed by atoms with Crippen LogP contribution in [-0.2, 0) is 9.53 Å². The van der Waals surface area contributed by atoms with Crippen molar-refractivity contribution in [1.82, 2.24) is 0 Å². The van der Waals surface area contributed by atoms with Gasteiger partial charge in [-0.25, -0.2) is 9.59 Å². The molecule has 0 radical (unpaired) electrons. The first-order chi connectivity index (χ1) is 15.2. The van der Waals surface area contributed by atoms with Crippen LogP contribution in [0.2, 0.25) is 0 Å². The minimum atomic E-state index is -1.71. The van der Waals surface area contributed by atoms with E-state index in [-0.39, 0.29) is 0 Å². The molecule has 0 aliphatic heterocycles. The van der Waals surface area contributed by atoms with Crippen LogP contribution in [0.25, 0.3) is 0 Å². The number of anilines is 1. The molecule has 0 saturated heterocycles. The lowest BCUT2D eigenvalue weighted by atomic mass is 9.92. The van der Waals surface area contributed by atoms with Gasteiger partial charge in [0, 0.05) is 12.2 Å². The summed E-state index contributed by atoms with van der Waals surface area (Å²) in [5.41, 5.74) is 1.25. The van der Waals surface area contributed by atoms with Gasteiger partial charge in [-0.2, -0.15) is 0 Å². The average Bonchev–Trinajstić information content (AvgIpc) is 2.74. The van der Waals surface area contributed by atoms with Crippen LogP contribution in [0.3, 0.4) is 0 Å². The number of carbonyl (C=O) groups excluding carboxylic acids is 1. The molecule has 0 aliphatic carbocycles. The van der Waals surface area contributed by atoms with Crippen LogP contribution in [0.1, 0.15) is 89.4 Å². The maximum absolute atomic E-state index is 11.9. The predicted octanol–water partition coefficient (Wildman–Crippen LogP) is 5.75. The van der Waals surface area contributed by atoms with Crippen LogP contribution in [0.4, 0.5) is 5.69 Å². The number of esters is 1. The molecule has 0 saturated carbocycles. The Morgan fingerprint density at radius 2 is 1.41 bits per heavy atom. The van der Waals surface area contributed by atoms with Gasteiger partial charge in [0.2, 0.25) is 0 Å². The summed E-state index contributed by atoms with van der Waals surface area (Å²) in [4.78, 5) is 22.4. The van der Waals surface area contributed by atoms with Gasteiger partial charge >= 0.3 is 11.9 Å². The monoisotopic (exact) mass is 449 g/mol. The van der Waals surface area contributed by atoms with Crippen molar-refractivity contribution in [1.29, 1.82) is 0 Å². The summed E-state index contributed by atoms with van der Waals surface area (Å²) < 4.78 is 4.80. The molecule has 0 spiro atoms. The maximum Gasteiger partial charge on any atom is 0.338 e. The lowest BCUT2D eigenvalue weighted by molar-refractivity contribution is -0.148. The molecule has 1 aromatic carbocycles. The number of rotatable bonds is 17. The summed E-state index contributed by atoms with van der Waals surface area (Å²) in [6.07, 6.45) is 8.60. The Hall–Kier alpha value is -2.08. The lowest BCUT2D eigenvalue weighted by Crippen LogP contribution is -2.26. The van der Waals surface area contributed by atoms with Gasteiger partial charge in [-0.15, -0.1) is 0 Å². The molecular weight excluding hydrogens is 406 g/mol. The number of carboxylic acids is 1. The van der Waals surface area contributed by atoms with E-state index in [9.17, 15) is 9.59 Å². The van der Waals surface area contributed by atoms with Crippen LogP contribution >= 0.6 is 0 Å². The summed E-state index contributed by atoms with van der Waals surface area (Å²) in [6, 6.07) is 6.86. The topological polar surface area (TPSA) is 95.9 Å². The third kappa shape index (κ3) is 12.7. The second-order valence-electron chi connectivity index (χ2n) is 9.56. The average molecular weight is 450 g/mol. The van der Waals surface area contributed by atoms with Crippen molar-refractivity contribution in [2.24, 2.45) is 17.8 Å². The van der Waals surface area contributed by atoms with Gasteiger partial charge in [0.15, 0.2) is 6.10 Å². The third-order valence-corrected chi connectivity index (χ3v) is 5.85. The number of nitrogens with one attached hydrogen (secondary N) is 1. The number of aliphatic carboxylic acids is 1. The molecule has 6 heteroatoms. The Kier molecular flexibility index (Phi) is 13.7. The largest absolute Gasteiger partial charge is 0.479 e. The fraction of sp³-hybridized carbons (Fsp3) is 0.692. The molecule has 6 nitrogen and oxygen atoms in total. The zero-order valence-corrected chi connectivity index (χ0v) is 20.3. The molecular formula is C26H43NO5. The number of carboxylic acid groups (broad SMARTS) is 1. The first-order valence-corrected chi connectivity index (χ1v) is 12.1. The number of ether oxygens (including phenoxy) is 1. The van der Waals surface area contributed by atoms with Gasteiger partial charge in [0.1, 0.15) is 6.61 Å². The molecule has 3 N–H and O–H groups in total. The van der Waals surface area contributed by atoms with Crippen molar-refractivity contribution in [2.75, 3.05) is 18.5 Å². The van der Waals surface area contributed by atoms with E-state index in [2.05, 4.69) is 33.0 Å². The summed E-state index contributed by atoms with van der Waals surface area (Å²) in [6.45, 7) is 9.64. The molecule has 1 aromatic rings. The van der Waals surface area contributed by atoms with E-state index in [0.717, 1.165) is 36.4 Å². The van der Waals surface area contributed by atoms with E-state index >= 15 is 0 Å². The van der Waals surface area contributed by atoms with E-state index in [0.29, 0.717) is 5.56 Å². The van der Waals surface area contributed by atoms with Gasteiger partial charge in [0.25, 0.3) is 0 Å². The Labute approximate surface area is 193 Å². The first kappa shape index (κ1) is 28.0. The van der Waals surface area contributed by atoms with Gasteiger partial charge in [-0.1, -0.05) is 66.2 Å². The second-order valence-corrected chi connectivity index (χ2v) is 9.56. The molecule has 32 heavy (non-hydrogen) atoms. The molecule has 0 fully saturated rings. The first-order valence-electron chi connectivity index (χ1n) is 12.1. The fourth-order valence-electron chi connectivity index (χ4n) is 3.69. The van der Waals surface area contributed by atoms with Gasteiger partial charge in [-0.3, -0.25) is 0 Å². The highest BCUT2D eigenvalue weighted by Gasteiger charge is 2.16. The Morgan fingerprint density at radius 1 is 0.875 bits per heavy atom. The second kappa shape index (κ2) is 15.7. The van der Waals surface area contributed by atoms with E-state index < -0.39 is 24.6 Å². The molecule has 0 amide bonds. The molecule has 3 unspecified atom stereocenters. The van der Waals surface area contributed by atoms with Crippen molar-refractivity contribution in [3.8, 4) is 0 Å². The van der Waals surface area contributed by atoms with Crippen molar-refractivity contribution < 1.29 is 24.5 Å². The number of aliphatic hydroxyl groups is 1. The molecule has 3 atom stereocenters. The molecule has 0 aliphatic rings. The summed E-state index contributed by atoms with van der Waals surface area (Å²) >= 11 is 0. The summed E-state index contributed by atoms with van der Waals surface area (Å²) in [5.74, 6) is 0.317. The maximum atomic E-state index is 11.9. The Balaban J connectivity index is 2.16. The number of benzene rings is 1. The molecule has 1 rings (SSSR count). The fourth-order valence-corrected chi connectivity index (χ4v) is 3.69. The van der Waals surface area contributed by atoms with Crippen LogP contribution < -0.4 is 5.32 Å². The minimum absolute atomic E-state index is 0.320. The van der Waals surface area contributed by atoms with Crippen LogP contribution in [0.15, 0.2) is 24.3 Å². The Bertz CT molecular complexity index is 659. The van der Waals surface area contributed by atoms with Crippen LogP contribution in [0.5, 0.6) is 0 Å². The zero-order valence-electron chi connectivity index (χ0n) is 20.3. The van der Waals surface area contributed by atoms with E-state index in [4.69, 9.17) is 14.9 Å². The van der Waals surface area contributed by atoms with Gasteiger partial charge in [0.05, 0.1) is 5.56 Å². The SMILES string of the molecule is CC(C)CCCC(C)CCCC(C)CCCNc1ccc(C(=O)OCC(O)C(=O)O)cc1. The van der Waals surface area contributed by atoms with Crippen molar-refractivity contribution in [2.45, 2.75) is 85.2 Å². The number of carbonyl (C=O) groups is 2. The predicted molar refractivity (Wildman–Crippen MR) is 129 cm³/mol. The van der Waals surface area contributed by atoms with E-state index in [1.54, 1.807) is 24.3 Å². The highest BCUT2D eigenvalue weighted by atomic mass is 16.5.